The summed E-state index contributed by atoms with van der Waals surface area (Å²) in [5.74, 6) is -0.369. The summed E-state index contributed by atoms with van der Waals surface area (Å²) in [6.45, 7) is 1.50. The van der Waals surface area contributed by atoms with E-state index in [0.29, 0.717) is 18.7 Å². The average molecular weight is 215 g/mol. The van der Waals surface area contributed by atoms with Gasteiger partial charge in [0, 0.05) is 25.7 Å². The molecule has 2 atom stereocenters. The van der Waals surface area contributed by atoms with Gasteiger partial charge in [0.1, 0.15) is 0 Å². The van der Waals surface area contributed by atoms with Crippen molar-refractivity contribution in [3.8, 4) is 0 Å². The van der Waals surface area contributed by atoms with Crippen LogP contribution in [0.15, 0.2) is 0 Å². The van der Waals surface area contributed by atoms with Crippen LogP contribution in [0.2, 0.25) is 0 Å². The number of carbonyl (C=O) groups excluding carboxylic acids is 1. The van der Waals surface area contributed by atoms with Crippen molar-refractivity contribution in [3.05, 3.63) is 0 Å². The van der Waals surface area contributed by atoms with Crippen molar-refractivity contribution >= 4 is 12.4 Å². The minimum absolute atomic E-state index is 0.0368. The summed E-state index contributed by atoms with van der Waals surface area (Å²) in [7, 11) is 0. The van der Waals surface area contributed by atoms with Crippen molar-refractivity contribution in [1.29, 1.82) is 0 Å². The third-order valence-electron chi connectivity index (χ3n) is 2.65. The first-order valence-corrected chi connectivity index (χ1v) is 5.21. The highest BCUT2D eigenvalue weighted by molar-refractivity contribution is 5.66. The molecule has 1 aliphatic heterocycles. The molecule has 5 heteroatoms. The fourth-order valence-electron chi connectivity index (χ4n) is 1.83. The van der Waals surface area contributed by atoms with Crippen molar-refractivity contribution in [2.24, 2.45) is 5.92 Å². The van der Waals surface area contributed by atoms with E-state index in [1.165, 1.54) is 0 Å². The molecule has 15 heavy (non-hydrogen) atoms. The zero-order chi connectivity index (χ0) is 11.1. The number of hydrogen-bond acceptors (Lipinski definition) is 3. The van der Waals surface area contributed by atoms with Crippen LogP contribution in [0, 0.1) is 5.92 Å². The predicted molar refractivity (Wildman–Crippen MR) is 53.4 cm³/mol. The number of aliphatic carboxylic acids is 1. The Labute approximate surface area is 88.8 Å². The monoisotopic (exact) mass is 215 g/mol. The lowest BCUT2D eigenvalue weighted by Crippen LogP contribution is -2.30. The van der Waals surface area contributed by atoms with Gasteiger partial charge in [-0.05, 0) is 25.2 Å². The lowest BCUT2D eigenvalue weighted by atomic mass is 9.96. The normalized spacial score (nSPS) is 22.3. The Hall–Kier alpha value is -1.10. The van der Waals surface area contributed by atoms with Crippen LogP contribution in [-0.2, 0) is 14.3 Å². The molecule has 0 radical (unpaired) electrons. The van der Waals surface area contributed by atoms with Gasteiger partial charge in [-0.1, -0.05) is 0 Å². The Balaban J connectivity index is 2.27. The van der Waals surface area contributed by atoms with E-state index in [1.807, 2.05) is 0 Å². The number of rotatable bonds is 7. The van der Waals surface area contributed by atoms with Crippen molar-refractivity contribution in [1.82, 2.24) is 5.32 Å². The maximum atomic E-state index is 10.4. The third kappa shape index (κ3) is 4.78. The highest BCUT2D eigenvalue weighted by Crippen LogP contribution is 2.19. The molecule has 1 amide bonds. The van der Waals surface area contributed by atoms with Gasteiger partial charge in [0.25, 0.3) is 0 Å². The number of carboxylic acid groups (broad SMARTS) is 1. The van der Waals surface area contributed by atoms with Crippen LogP contribution in [0.25, 0.3) is 0 Å². The molecule has 5 nitrogen and oxygen atoms in total. The molecule has 2 N–H and O–H groups in total. The fourth-order valence-corrected chi connectivity index (χ4v) is 1.83. The first-order chi connectivity index (χ1) is 7.22. The van der Waals surface area contributed by atoms with Gasteiger partial charge in [-0.3, -0.25) is 9.59 Å². The van der Waals surface area contributed by atoms with Crippen LogP contribution < -0.4 is 5.32 Å². The standard InChI is InChI=1S/C10H17NO4/c12-7-11-9(1-2-10(13)14)5-8-3-4-15-6-8/h7-9H,1-6H2,(H,11,12)(H,13,14). The Bertz CT molecular complexity index is 213. The zero-order valence-electron chi connectivity index (χ0n) is 8.65. The molecule has 2 unspecified atom stereocenters. The minimum Gasteiger partial charge on any atom is -0.481 e. The summed E-state index contributed by atoms with van der Waals surface area (Å²) >= 11 is 0. The molecule has 1 heterocycles. The molecular formula is C10H17NO4. The quantitative estimate of drug-likeness (QED) is 0.602. The number of amides is 1. The first kappa shape index (κ1) is 12.0. The number of carbonyl (C=O) groups is 2. The molecule has 0 aromatic heterocycles. The van der Waals surface area contributed by atoms with Crippen LogP contribution >= 0.6 is 0 Å². The van der Waals surface area contributed by atoms with E-state index < -0.39 is 5.97 Å². The maximum Gasteiger partial charge on any atom is 0.303 e. The fraction of sp³-hybridized carbons (Fsp3) is 0.800. The Morgan fingerprint density at radius 3 is 3.00 bits per heavy atom. The molecule has 0 aliphatic carbocycles. The van der Waals surface area contributed by atoms with Crippen molar-refractivity contribution in [2.45, 2.75) is 31.7 Å². The Kier molecular flexibility index (Phi) is 5.10. The molecule has 0 bridgehead atoms. The van der Waals surface area contributed by atoms with Gasteiger partial charge >= 0.3 is 5.97 Å². The van der Waals surface area contributed by atoms with Crippen LogP contribution in [0.1, 0.15) is 25.7 Å². The van der Waals surface area contributed by atoms with Gasteiger partial charge in [-0.15, -0.1) is 0 Å². The van der Waals surface area contributed by atoms with Gasteiger partial charge < -0.3 is 15.2 Å². The van der Waals surface area contributed by atoms with E-state index in [9.17, 15) is 9.59 Å². The molecular weight excluding hydrogens is 198 g/mol. The molecule has 1 fully saturated rings. The third-order valence-corrected chi connectivity index (χ3v) is 2.65. The van der Waals surface area contributed by atoms with E-state index in [2.05, 4.69) is 5.32 Å². The predicted octanol–water partition coefficient (Wildman–Crippen LogP) is 0.392. The highest BCUT2D eigenvalue weighted by atomic mass is 16.5. The zero-order valence-corrected chi connectivity index (χ0v) is 8.65. The SMILES string of the molecule is O=CNC(CCC(=O)O)CC1CCOC1. The number of ether oxygens (including phenoxy) is 1. The Morgan fingerprint density at radius 1 is 1.67 bits per heavy atom. The molecule has 0 saturated carbocycles. The summed E-state index contributed by atoms with van der Waals surface area (Å²) < 4.78 is 5.23. The average Bonchev–Trinajstić information content (AvgIpc) is 2.67. The second kappa shape index (κ2) is 6.40. The summed E-state index contributed by atoms with van der Waals surface area (Å²) in [6, 6.07) is -0.0368. The molecule has 1 aliphatic rings. The van der Waals surface area contributed by atoms with Crippen LogP contribution in [-0.4, -0.2) is 36.7 Å². The number of hydrogen-bond donors (Lipinski definition) is 2. The summed E-state index contributed by atoms with van der Waals surface area (Å²) in [5, 5.41) is 11.2. The van der Waals surface area contributed by atoms with Crippen LogP contribution in [0.5, 0.6) is 0 Å². The summed E-state index contributed by atoms with van der Waals surface area (Å²) in [5.41, 5.74) is 0. The van der Waals surface area contributed by atoms with Crippen LogP contribution in [0.4, 0.5) is 0 Å². The van der Waals surface area contributed by atoms with E-state index in [-0.39, 0.29) is 12.5 Å². The Morgan fingerprint density at radius 2 is 2.47 bits per heavy atom. The van der Waals surface area contributed by atoms with E-state index >= 15 is 0 Å². The molecule has 86 valence electrons. The minimum atomic E-state index is -0.824. The van der Waals surface area contributed by atoms with Crippen LogP contribution in [0.3, 0.4) is 0 Å². The topological polar surface area (TPSA) is 75.6 Å². The molecule has 1 rings (SSSR count). The first-order valence-electron chi connectivity index (χ1n) is 5.21. The van der Waals surface area contributed by atoms with Gasteiger partial charge in [-0.25, -0.2) is 0 Å². The largest absolute Gasteiger partial charge is 0.481 e. The second-order valence-electron chi connectivity index (χ2n) is 3.88. The van der Waals surface area contributed by atoms with Crippen molar-refractivity contribution < 1.29 is 19.4 Å². The number of nitrogens with one attached hydrogen (secondary N) is 1. The lowest BCUT2D eigenvalue weighted by molar-refractivity contribution is -0.137. The highest BCUT2D eigenvalue weighted by Gasteiger charge is 2.20. The van der Waals surface area contributed by atoms with Crippen molar-refractivity contribution in [2.75, 3.05) is 13.2 Å². The number of carboxylic acids is 1. The van der Waals surface area contributed by atoms with Gasteiger partial charge in [0.15, 0.2) is 0 Å². The second-order valence-corrected chi connectivity index (χ2v) is 3.88. The summed E-state index contributed by atoms with van der Waals surface area (Å²) in [6.07, 6.45) is 3.04. The molecule has 0 aromatic carbocycles. The molecule has 0 spiro atoms. The smallest absolute Gasteiger partial charge is 0.303 e. The molecule has 1 saturated heterocycles. The van der Waals surface area contributed by atoms with E-state index in [1.54, 1.807) is 0 Å². The van der Waals surface area contributed by atoms with E-state index in [0.717, 1.165) is 26.1 Å². The lowest BCUT2D eigenvalue weighted by Gasteiger charge is -2.18. The molecule has 0 aromatic rings. The maximum absolute atomic E-state index is 10.4. The van der Waals surface area contributed by atoms with Gasteiger partial charge in [0.05, 0.1) is 0 Å². The van der Waals surface area contributed by atoms with E-state index in [4.69, 9.17) is 9.84 Å². The van der Waals surface area contributed by atoms with Gasteiger partial charge in [0.2, 0.25) is 6.41 Å². The van der Waals surface area contributed by atoms with Crippen molar-refractivity contribution in [3.63, 3.8) is 0 Å². The van der Waals surface area contributed by atoms with Gasteiger partial charge in [-0.2, -0.15) is 0 Å². The summed E-state index contributed by atoms with van der Waals surface area (Å²) in [4.78, 5) is 20.7.